The van der Waals surface area contributed by atoms with Gasteiger partial charge in [-0.2, -0.15) is 0 Å². The summed E-state index contributed by atoms with van der Waals surface area (Å²) in [4.78, 5) is 36.9. The summed E-state index contributed by atoms with van der Waals surface area (Å²) in [5.41, 5.74) is -0.460. The van der Waals surface area contributed by atoms with Crippen LogP contribution in [0.5, 0.6) is 0 Å². The minimum Gasteiger partial charge on any atom is -0.394 e. The van der Waals surface area contributed by atoms with Crippen molar-refractivity contribution < 1.29 is 29.7 Å². The molecule has 25 heavy (non-hydrogen) atoms. The molecule has 0 spiro atoms. The van der Waals surface area contributed by atoms with Gasteiger partial charge in [-0.15, -0.1) is 0 Å². The quantitative estimate of drug-likeness (QED) is 0.492. The molecule has 1 heterocycles. The van der Waals surface area contributed by atoms with Gasteiger partial charge in [0.2, 0.25) is 11.8 Å². The molecule has 4 atom stereocenters. The van der Waals surface area contributed by atoms with Crippen molar-refractivity contribution in [3.63, 3.8) is 0 Å². The van der Waals surface area contributed by atoms with Crippen LogP contribution in [0.1, 0.15) is 47.0 Å². The molecule has 0 aromatic heterocycles. The first-order chi connectivity index (χ1) is 11.5. The molecule has 8 heteroatoms. The SMILES string of the molecule is CC(=O)NC1CN(C(=O)CCCC(=O)C(C)(C)C)C(CO)[C@H](O)[C@@H]1O. The van der Waals surface area contributed by atoms with Crippen LogP contribution in [0.2, 0.25) is 0 Å². The zero-order valence-electron chi connectivity index (χ0n) is 15.4. The summed E-state index contributed by atoms with van der Waals surface area (Å²) in [6.45, 7) is 6.23. The number of piperidine rings is 1. The Kier molecular flexibility index (Phi) is 7.52. The monoisotopic (exact) mass is 358 g/mol. The number of carbonyl (C=O) groups excluding carboxylic acids is 3. The molecule has 0 bridgehead atoms. The molecule has 0 saturated carbocycles. The van der Waals surface area contributed by atoms with Gasteiger partial charge in [0, 0.05) is 31.7 Å². The minimum atomic E-state index is -1.37. The topological polar surface area (TPSA) is 127 Å². The standard InChI is InChI=1S/C17H30N2O6/c1-10(21)18-11-8-19(12(9-20)16(25)15(11)24)14(23)7-5-6-13(22)17(2,3)4/h11-12,15-16,20,24-25H,5-9H2,1-4H3,(H,18,21)/t11?,12?,15-,16+/m1/s1. The normalized spacial score (nSPS) is 27.1. The highest BCUT2D eigenvalue weighted by atomic mass is 16.3. The number of carbonyl (C=O) groups is 3. The maximum absolute atomic E-state index is 12.5. The lowest BCUT2D eigenvalue weighted by Crippen LogP contribution is -2.67. The second-order valence-electron chi connectivity index (χ2n) is 7.61. The summed E-state index contributed by atoms with van der Waals surface area (Å²) >= 11 is 0. The highest BCUT2D eigenvalue weighted by molar-refractivity contribution is 5.84. The Morgan fingerprint density at radius 3 is 2.20 bits per heavy atom. The van der Waals surface area contributed by atoms with Gasteiger partial charge in [0.25, 0.3) is 0 Å². The minimum absolute atomic E-state index is 0.00488. The van der Waals surface area contributed by atoms with Gasteiger partial charge in [0.15, 0.2) is 0 Å². The van der Waals surface area contributed by atoms with Gasteiger partial charge < -0.3 is 25.5 Å². The predicted octanol–water partition coefficient (Wildman–Crippen LogP) is -0.798. The molecule has 0 radical (unpaired) electrons. The van der Waals surface area contributed by atoms with Crippen LogP contribution >= 0.6 is 0 Å². The average Bonchev–Trinajstić information content (AvgIpc) is 2.50. The van der Waals surface area contributed by atoms with Crippen molar-refractivity contribution in [3.8, 4) is 0 Å². The summed E-state index contributed by atoms with van der Waals surface area (Å²) in [6.07, 6.45) is -1.91. The van der Waals surface area contributed by atoms with E-state index in [-0.39, 0.29) is 37.0 Å². The van der Waals surface area contributed by atoms with Crippen molar-refractivity contribution in [3.05, 3.63) is 0 Å². The number of Topliss-reactive ketones (excluding diaryl/α,β-unsaturated/α-hetero) is 1. The molecule has 0 aromatic rings. The number of hydrogen-bond acceptors (Lipinski definition) is 6. The van der Waals surface area contributed by atoms with Crippen molar-refractivity contribution in [2.45, 2.75) is 71.2 Å². The molecule has 1 aliphatic heterocycles. The van der Waals surface area contributed by atoms with E-state index in [9.17, 15) is 29.7 Å². The first-order valence-electron chi connectivity index (χ1n) is 8.56. The molecule has 0 aromatic carbocycles. The number of aliphatic hydroxyl groups excluding tert-OH is 3. The first kappa shape index (κ1) is 21.5. The molecule has 0 aliphatic carbocycles. The van der Waals surface area contributed by atoms with Crippen LogP contribution in [-0.4, -0.2) is 75.3 Å². The van der Waals surface area contributed by atoms with E-state index < -0.39 is 36.3 Å². The Morgan fingerprint density at radius 2 is 1.72 bits per heavy atom. The number of rotatable bonds is 6. The van der Waals surface area contributed by atoms with Gasteiger partial charge in [0.05, 0.1) is 18.7 Å². The summed E-state index contributed by atoms with van der Waals surface area (Å²) < 4.78 is 0. The van der Waals surface area contributed by atoms with Gasteiger partial charge in [-0.1, -0.05) is 20.8 Å². The molecule has 8 nitrogen and oxygen atoms in total. The zero-order chi connectivity index (χ0) is 19.4. The van der Waals surface area contributed by atoms with Crippen LogP contribution in [0.15, 0.2) is 0 Å². The Balaban J connectivity index is 2.72. The highest BCUT2D eigenvalue weighted by Gasteiger charge is 2.43. The number of likely N-dealkylation sites (tertiary alicyclic amines) is 1. The van der Waals surface area contributed by atoms with Crippen LogP contribution < -0.4 is 5.32 Å². The zero-order valence-corrected chi connectivity index (χ0v) is 15.4. The summed E-state index contributed by atoms with van der Waals surface area (Å²) in [5, 5.41) is 32.2. The number of nitrogens with zero attached hydrogens (tertiary/aromatic N) is 1. The number of hydrogen-bond donors (Lipinski definition) is 4. The number of aliphatic hydroxyl groups is 3. The fourth-order valence-corrected chi connectivity index (χ4v) is 2.91. The third kappa shape index (κ3) is 5.76. The predicted molar refractivity (Wildman–Crippen MR) is 90.5 cm³/mol. The van der Waals surface area contributed by atoms with Crippen molar-refractivity contribution in [1.29, 1.82) is 0 Å². The van der Waals surface area contributed by atoms with Crippen LogP contribution in [0, 0.1) is 5.41 Å². The van der Waals surface area contributed by atoms with E-state index in [1.54, 1.807) is 0 Å². The maximum atomic E-state index is 12.5. The van der Waals surface area contributed by atoms with E-state index in [2.05, 4.69) is 5.32 Å². The lowest BCUT2D eigenvalue weighted by molar-refractivity contribution is -0.153. The molecule has 1 rings (SSSR count). The highest BCUT2D eigenvalue weighted by Crippen LogP contribution is 2.22. The Bertz CT molecular complexity index is 502. The molecular formula is C17H30N2O6. The van der Waals surface area contributed by atoms with Crippen molar-refractivity contribution >= 4 is 17.6 Å². The van der Waals surface area contributed by atoms with Gasteiger partial charge >= 0.3 is 0 Å². The van der Waals surface area contributed by atoms with E-state index in [0.717, 1.165) is 0 Å². The maximum Gasteiger partial charge on any atom is 0.223 e. The van der Waals surface area contributed by atoms with E-state index in [1.165, 1.54) is 11.8 Å². The number of amides is 2. The fraction of sp³-hybridized carbons (Fsp3) is 0.824. The van der Waals surface area contributed by atoms with E-state index in [4.69, 9.17) is 0 Å². The van der Waals surface area contributed by atoms with Crippen molar-refractivity contribution in [1.82, 2.24) is 10.2 Å². The van der Waals surface area contributed by atoms with Gasteiger partial charge in [-0.3, -0.25) is 14.4 Å². The third-order valence-corrected chi connectivity index (χ3v) is 4.48. The van der Waals surface area contributed by atoms with Crippen LogP contribution in [-0.2, 0) is 14.4 Å². The van der Waals surface area contributed by atoms with Gasteiger partial charge in [0.1, 0.15) is 18.0 Å². The average molecular weight is 358 g/mol. The van der Waals surface area contributed by atoms with Crippen LogP contribution in [0.4, 0.5) is 0 Å². The summed E-state index contributed by atoms with van der Waals surface area (Å²) in [6, 6.07) is -1.75. The lowest BCUT2D eigenvalue weighted by atomic mass is 9.87. The molecule has 1 fully saturated rings. The molecular weight excluding hydrogens is 328 g/mol. The molecule has 2 amide bonds. The van der Waals surface area contributed by atoms with Crippen molar-refractivity contribution in [2.75, 3.05) is 13.2 Å². The Hall–Kier alpha value is -1.51. The Morgan fingerprint density at radius 1 is 1.12 bits per heavy atom. The largest absolute Gasteiger partial charge is 0.394 e. The Labute approximate surface area is 148 Å². The van der Waals surface area contributed by atoms with E-state index in [0.29, 0.717) is 6.42 Å². The molecule has 1 aliphatic rings. The summed E-state index contributed by atoms with van der Waals surface area (Å²) in [7, 11) is 0. The number of ketones is 1. The lowest BCUT2D eigenvalue weighted by Gasteiger charge is -2.45. The second-order valence-corrected chi connectivity index (χ2v) is 7.61. The molecule has 2 unspecified atom stereocenters. The van der Waals surface area contributed by atoms with Crippen molar-refractivity contribution in [2.24, 2.45) is 5.41 Å². The molecule has 144 valence electrons. The number of nitrogens with one attached hydrogen (secondary N) is 1. The first-order valence-corrected chi connectivity index (χ1v) is 8.56. The van der Waals surface area contributed by atoms with E-state index >= 15 is 0 Å². The molecule has 4 N–H and O–H groups in total. The van der Waals surface area contributed by atoms with Gasteiger partial charge in [-0.05, 0) is 6.42 Å². The van der Waals surface area contributed by atoms with Crippen LogP contribution in [0.3, 0.4) is 0 Å². The summed E-state index contributed by atoms with van der Waals surface area (Å²) in [5.74, 6) is -0.659. The second kappa shape index (κ2) is 8.73. The van der Waals surface area contributed by atoms with E-state index in [1.807, 2.05) is 20.8 Å². The van der Waals surface area contributed by atoms with Crippen LogP contribution in [0.25, 0.3) is 0 Å². The fourth-order valence-electron chi connectivity index (χ4n) is 2.91. The smallest absolute Gasteiger partial charge is 0.223 e. The third-order valence-electron chi connectivity index (χ3n) is 4.48. The van der Waals surface area contributed by atoms with Gasteiger partial charge in [-0.25, -0.2) is 0 Å². The molecule has 1 saturated heterocycles.